The zero-order valence-corrected chi connectivity index (χ0v) is 17.6. The number of hydrogen-bond donors (Lipinski definition) is 1. The topological polar surface area (TPSA) is 33.1 Å². The molecule has 0 amide bonds. The number of thiocarbonyl (C=S) groups is 1. The fraction of sp³-hybridized carbons (Fsp3) is 0.238. The summed E-state index contributed by atoms with van der Waals surface area (Å²) in [6.07, 6.45) is 3.94. The number of nitrogens with zero attached hydrogens (tertiary/aromatic N) is 3. The summed E-state index contributed by atoms with van der Waals surface area (Å²) in [4.78, 5) is 6.88. The van der Waals surface area contributed by atoms with E-state index in [1.165, 1.54) is 5.69 Å². The standard InChI is InChI=1S/C21H21BrN4S/c1-14(2)26-20(19(24-21(26)27)17-6-3-4-12-23-17)18-7-5-13-25(18)16-10-8-15(22)9-11-16/h3-14,19-20H,1-2H3,(H,24,27)/t19-,20-/m0/s1. The SMILES string of the molecule is CC(C)N1C(=S)N[C@@H](c2ccccn2)[C@@H]1c1cccn1-c1ccc(Br)cc1. The molecular formula is C21H21BrN4S. The first-order valence-corrected chi connectivity index (χ1v) is 10.2. The van der Waals surface area contributed by atoms with Gasteiger partial charge in [-0.15, -0.1) is 0 Å². The number of nitrogens with one attached hydrogen (secondary N) is 1. The van der Waals surface area contributed by atoms with E-state index in [0.29, 0.717) is 0 Å². The van der Waals surface area contributed by atoms with Gasteiger partial charge in [-0.05, 0) is 74.6 Å². The molecule has 1 N–H and O–H groups in total. The van der Waals surface area contributed by atoms with Gasteiger partial charge < -0.3 is 14.8 Å². The first-order chi connectivity index (χ1) is 13.1. The molecule has 1 fully saturated rings. The van der Waals surface area contributed by atoms with Crippen molar-refractivity contribution in [2.75, 3.05) is 0 Å². The van der Waals surface area contributed by atoms with Crippen molar-refractivity contribution in [3.8, 4) is 5.69 Å². The predicted molar refractivity (Wildman–Crippen MR) is 116 cm³/mol. The van der Waals surface area contributed by atoms with Crippen molar-refractivity contribution in [2.24, 2.45) is 0 Å². The summed E-state index contributed by atoms with van der Waals surface area (Å²) in [6, 6.07) is 19.0. The van der Waals surface area contributed by atoms with E-state index in [4.69, 9.17) is 12.2 Å². The second kappa shape index (κ2) is 7.44. The summed E-state index contributed by atoms with van der Waals surface area (Å²) in [5, 5.41) is 4.27. The molecule has 27 heavy (non-hydrogen) atoms. The van der Waals surface area contributed by atoms with Gasteiger partial charge in [0.1, 0.15) is 0 Å². The molecule has 0 saturated carbocycles. The van der Waals surface area contributed by atoms with Crippen molar-refractivity contribution in [2.45, 2.75) is 32.0 Å². The number of aromatic nitrogens is 2. The van der Waals surface area contributed by atoms with E-state index in [9.17, 15) is 0 Å². The molecule has 2 atom stereocenters. The summed E-state index contributed by atoms with van der Waals surface area (Å²) < 4.78 is 3.30. The van der Waals surface area contributed by atoms with Gasteiger partial charge >= 0.3 is 0 Å². The van der Waals surface area contributed by atoms with Gasteiger partial charge in [0.15, 0.2) is 5.11 Å². The number of hydrogen-bond acceptors (Lipinski definition) is 2. The Balaban J connectivity index is 1.82. The summed E-state index contributed by atoms with van der Waals surface area (Å²) in [5.74, 6) is 0. The molecule has 3 aromatic rings. The Morgan fingerprint density at radius 2 is 1.85 bits per heavy atom. The molecule has 3 heterocycles. The number of halogens is 1. The molecule has 0 radical (unpaired) electrons. The van der Waals surface area contributed by atoms with Gasteiger partial charge in [0.05, 0.1) is 17.8 Å². The van der Waals surface area contributed by atoms with Crippen LogP contribution in [0.3, 0.4) is 0 Å². The van der Waals surface area contributed by atoms with Gasteiger partial charge in [-0.3, -0.25) is 4.98 Å². The van der Waals surface area contributed by atoms with Crippen molar-refractivity contribution in [3.63, 3.8) is 0 Å². The second-order valence-electron chi connectivity index (χ2n) is 6.91. The summed E-state index contributed by atoms with van der Waals surface area (Å²) in [6.45, 7) is 4.35. The summed E-state index contributed by atoms with van der Waals surface area (Å²) in [5.41, 5.74) is 3.31. The number of benzene rings is 1. The third-order valence-corrected chi connectivity index (χ3v) is 5.74. The average molecular weight is 441 g/mol. The smallest absolute Gasteiger partial charge is 0.170 e. The average Bonchev–Trinajstić information content (AvgIpc) is 3.27. The van der Waals surface area contributed by atoms with Crippen molar-refractivity contribution >= 4 is 33.3 Å². The van der Waals surface area contributed by atoms with Crippen LogP contribution < -0.4 is 5.32 Å². The van der Waals surface area contributed by atoms with Crippen molar-refractivity contribution in [3.05, 3.63) is 82.9 Å². The minimum absolute atomic E-state index is 0.00481. The molecule has 1 aliphatic heterocycles. The highest BCUT2D eigenvalue weighted by Crippen LogP contribution is 2.40. The van der Waals surface area contributed by atoms with Crippen LogP contribution >= 0.6 is 28.1 Å². The van der Waals surface area contributed by atoms with Crippen molar-refractivity contribution in [1.29, 1.82) is 0 Å². The highest BCUT2D eigenvalue weighted by molar-refractivity contribution is 9.10. The van der Waals surface area contributed by atoms with E-state index in [1.54, 1.807) is 0 Å². The van der Waals surface area contributed by atoms with Crippen LogP contribution in [-0.2, 0) is 0 Å². The van der Waals surface area contributed by atoms with Gasteiger partial charge in [-0.2, -0.15) is 0 Å². The second-order valence-corrected chi connectivity index (χ2v) is 8.21. The minimum Gasteiger partial charge on any atom is -0.352 e. The Morgan fingerprint density at radius 1 is 1.07 bits per heavy atom. The van der Waals surface area contributed by atoms with E-state index in [-0.39, 0.29) is 18.1 Å². The van der Waals surface area contributed by atoms with Gasteiger partial charge in [0.2, 0.25) is 0 Å². The van der Waals surface area contributed by atoms with Gasteiger partial charge in [-0.1, -0.05) is 22.0 Å². The van der Waals surface area contributed by atoms with Crippen LogP contribution in [0.1, 0.15) is 37.3 Å². The molecule has 1 aliphatic rings. The molecule has 0 unspecified atom stereocenters. The van der Waals surface area contributed by atoms with E-state index in [2.05, 4.69) is 98.2 Å². The molecule has 0 spiro atoms. The number of pyridine rings is 1. The highest BCUT2D eigenvalue weighted by atomic mass is 79.9. The Bertz CT molecular complexity index is 936. The van der Waals surface area contributed by atoms with Crippen LogP contribution in [0.2, 0.25) is 0 Å². The van der Waals surface area contributed by atoms with Crippen molar-refractivity contribution < 1.29 is 0 Å². The van der Waals surface area contributed by atoms with E-state index >= 15 is 0 Å². The first-order valence-electron chi connectivity index (χ1n) is 8.99. The summed E-state index contributed by atoms with van der Waals surface area (Å²) >= 11 is 9.21. The fourth-order valence-electron chi connectivity index (χ4n) is 3.71. The third kappa shape index (κ3) is 3.39. The van der Waals surface area contributed by atoms with Crippen LogP contribution in [0.25, 0.3) is 5.69 Å². The molecule has 138 valence electrons. The number of rotatable bonds is 4. The van der Waals surface area contributed by atoms with Gasteiger partial charge in [0.25, 0.3) is 0 Å². The molecule has 1 aromatic carbocycles. The Labute approximate surface area is 173 Å². The lowest BCUT2D eigenvalue weighted by Gasteiger charge is -2.31. The fourth-order valence-corrected chi connectivity index (χ4v) is 4.43. The Kier molecular flexibility index (Phi) is 5.02. The largest absolute Gasteiger partial charge is 0.352 e. The van der Waals surface area contributed by atoms with Gasteiger partial charge in [0, 0.05) is 34.3 Å². The lowest BCUT2D eigenvalue weighted by atomic mass is 10.0. The zero-order valence-electron chi connectivity index (χ0n) is 15.2. The molecule has 4 nitrogen and oxygen atoms in total. The monoisotopic (exact) mass is 440 g/mol. The van der Waals surface area contributed by atoms with E-state index in [0.717, 1.165) is 21.0 Å². The lowest BCUT2D eigenvalue weighted by Crippen LogP contribution is -2.36. The third-order valence-electron chi connectivity index (χ3n) is 4.88. The maximum Gasteiger partial charge on any atom is 0.170 e. The van der Waals surface area contributed by atoms with Crippen LogP contribution in [0.4, 0.5) is 0 Å². The molecule has 4 rings (SSSR count). The van der Waals surface area contributed by atoms with Crippen LogP contribution in [-0.4, -0.2) is 25.6 Å². The van der Waals surface area contributed by atoms with Crippen LogP contribution in [0, 0.1) is 0 Å². The van der Waals surface area contributed by atoms with Gasteiger partial charge in [-0.25, -0.2) is 0 Å². The molecule has 2 aromatic heterocycles. The zero-order chi connectivity index (χ0) is 19.0. The van der Waals surface area contributed by atoms with Crippen molar-refractivity contribution in [1.82, 2.24) is 19.8 Å². The van der Waals surface area contributed by atoms with E-state index in [1.807, 2.05) is 18.3 Å². The first kappa shape index (κ1) is 18.2. The normalized spacial score (nSPS) is 19.6. The maximum atomic E-state index is 5.69. The Morgan fingerprint density at radius 3 is 2.52 bits per heavy atom. The Hall–Kier alpha value is -2.18. The molecular weight excluding hydrogens is 420 g/mol. The molecule has 1 saturated heterocycles. The quantitative estimate of drug-likeness (QED) is 0.577. The maximum absolute atomic E-state index is 5.69. The lowest BCUT2D eigenvalue weighted by molar-refractivity contribution is 0.262. The van der Waals surface area contributed by atoms with E-state index < -0.39 is 0 Å². The van der Waals surface area contributed by atoms with Crippen LogP contribution in [0.15, 0.2) is 71.5 Å². The molecule has 0 bridgehead atoms. The van der Waals surface area contributed by atoms with Crippen LogP contribution in [0.5, 0.6) is 0 Å². The molecule has 0 aliphatic carbocycles. The predicted octanol–water partition coefficient (Wildman–Crippen LogP) is 5.02. The minimum atomic E-state index is 0.00481. The molecule has 6 heteroatoms. The highest BCUT2D eigenvalue weighted by Gasteiger charge is 2.42. The summed E-state index contributed by atoms with van der Waals surface area (Å²) in [7, 11) is 0.